The molecule has 0 aromatic rings. The fraction of sp³-hybridized carbons (Fsp3) is 1.00. The highest BCUT2D eigenvalue weighted by Gasteiger charge is 2.23. The number of piperidine rings is 1. The van der Waals surface area contributed by atoms with E-state index < -0.39 is 0 Å². The second-order valence-electron chi connectivity index (χ2n) is 4.18. The second-order valence-corrected chi connectivity index (χ2v) is 4.18. The summed E-state index contributed by atoms with van der Waals surface area (Å²) >= 11 is 0. The number of hydrogen-bond acceptors (Lipinski definition) is 3. The molecule has 0 radical (unpaired) electrons. The van der Waals surface area contributed by atoms with E-state index in [1.807, 2.05) is 0 Å². The Kier molecular flexibility index (Phi) is 3.50. The fourth-order valence-electron chi connectivity index (χ4n) is 1.83. The van der Waals surface area contributed by atoms with E-state index >= 15 is 0 Å². The first kappa shape index (κ1) is 9.96. The molecule has 12 heavy (non-hydrogen) atoms. The van der Waals surface area contributed by atoms with Crippen LogP contribution in [0.1, 0.15) is 12.8 Å². The summed E-state index contributed by atoms with van der Waals surface area (Å²) in [5.74, 6) is 0. The van der Waals surface area contributed by atoms with Crippen molar-refractivity contribution >= 4 is 0 Å². The molecule has 1 aliphatic rings. The molecule has 0 saturated carbocycles. The fourth-order valence-corrected chi connectivity index (χ4v) is 1.83. The van der Waals surface area contributed by atoms with Gasteiger partial charge in [0.05, 0.1) is 0 Å². The van der Waals surface area contributed by atoms with Gasteiger partial charge in [0.15, 0.2) is 0 Å². The SMILES string of the molecule is CN(C)CC1CC(N)CCN1C. The molecule has 0 aromatic heterocycles. The largest absolute Gasteiger partial charge is 0.328 e. The van der Waals surface area contributed by atoms with Crippen molar-refractivity contribution in [2.24, 2.45) is 5.73 Å². The lowest BCUT2D eigenvalue weighted by molar-refractivity contribution is 0.139. The maximum absolute atomic E-state index is 5.92. The second kappa shape index (κ2) is 4.21. The molecule has 1 aliphatic heterocycles. The van der Waals surface area contributed by atoms with E-state index in [0.29, 0.717) is 12.1 Å². The molecule has 2 unspecified atom stereocenters. The van der Waals surface area contributed by atoms with Gasteiger partial charge in [0.2, 0.25) is 0 Å². The quantitative estimate of drug-likeness (QED) is 0.633. The van der Waals surface area contributed by atoms with E-state index in [1.54, 1.807) is 0 Å². The van der Waals surface area contributed by atoms with E-state index in [0.717, 1.165) is 25.9 Å². The van der Waals surface area contributed by atoms with Gasteiger partial charge in [-0.05, 0) is 40.5 Å². The number of nitrogens with zero attached hydrogens (tertiary/aromatic N) is 2. The number of rotatable bonds is 2. The van der Waals surface area contributed by atoms with E-state index in [-0.39, 0.29) is 0 Å². The van der Waals surface area contributed by atoms with Crippen LogP contribution in [0.5, 0.6) is 0 Å². The normalized spacial score (nSPS) is 32.8. The lowest BCUT2D eigenvalue weighted by Gasteiger charge is -2.37. The first-order chi connectivity index (χ1) is 5.59. The van der Waals surface area contributed by atoms with Gasteiger partial charge in [0, 0.05) is 18.6 Å². The zero-order valence-corrected chi connectivity index (χ0v) is 8.45. The number of likely N-dealkylation sites (N-methyl/N-ethyl adjacent to an activating group) is 2. The number of likely N-dealkylation sites (tertiary alicyclic amines) is 1. The van der Waals surface area contributed by atoms with Crippen LogP contribution in [0.25, 0.3) is 0 Å². The Labute approximate surface area is 75.5 Å². The van der Waals surface area contributed by atoms with Gasteiger partial charge in [-0.2, -0.15) is 0 Å². The molecule has 2 N–H and O–H groups in total. The van der Waals surface area contributed by atoms with Gasteiger partial charge in [0.1, 0.15) is 0 Å². The standard InChI is InChI=1S/C9H21N3/c1-11(2)7-9-6-8(10)4-5-12(9)3/h8-9H,4-7,10H2,1-3H3. The van der Waals surface area contributed by atoms with Crippen LogP contribution in [0.2, 0.25) is 0 Å². The van der Waals surface area contributed by atoms with Crippen LogP contribution in [0, 0.1) is 0 Å². The lowest BCUT2D eigenvalue weighted by Crippen LogP contribution is -2.49. The summed E-state index contributed by atoms with van der Waals surface area (Å²) in [7, 11) is 6.43. The average molecular weight is 171 g/mol. The van der Waals surface area contributed by atoms with Crippen molar-refractivity contribution in [1.82, 2.24) is 9.80 Å². The number of nitrogens with two attached hydrogens (primary N) is 1. The Hall–Kier alpha value is -0.120. The molecule has 1 rings (SSSR count). The van der Waals surface area contributed by atoms with Crippen LogP contribution >= 0.6 is 0 Å². The van der Waals surface area contributed by atoms with Crippen molar-refractivity contribution < 1.29 is 0 Å². The Bertz CT molecular complexity index is 134. The number of hydrogen-bond donors (Lipinski definition) is 1. The monoisotopic (exact) mass is 171 g/mol. The van der Waals surface area contributed by atoms with E-state index in [2.05, 4.69) is 30.9 Å². The zero-order valence-electron chi connectivity index (χ0n) is 8.45. The topological polar surface area (TPSA) is 32.5 Å². The summed E-state index contributed by atoms with van der Waals surface area (Å²) in [5.41, 5.74) is 5.92. The Morgan fingerprint density at radius 2 is 2.17 bits per heavy atom. The third kappa shape index (κ3) is 2.73. The van der Waals surface area contributed by atoms with Crippen LogP contribution < -0.4 is 5.73 Å². The predicted molar refractivity (Wildman–Crippen MR) is 52.2 cm³/mol. The van der Waals surface area contributed by atoms with Crippen LogP contribution in [0.3, 0.4) is 0 Å². The lowest BCUT2D eigenvalue weighted by atomic mass is 9.98. The van der Waals surface area contributed by atoms with Crippen molar-refractivity contribution in [1.29, 1.82) is 0 Å². The predicted octanol–water partition coefficient (Wildman–Crippen LogP) is -0.0305. The summed E-state index contributed by atoms with van der Waals surface area (Å²) < 4.78 is 0. The van der Waals surface area contributed by atoms with Gasteiger partial charge in [-0.1, -0.05) is 0 Å². The minimum atomic E-state index is 0.422. The molecule has 1 fully saturated rings. The van der Waals surface area contributed by atoms with Crippen LogP contribution in [-0.4, -0.2) is 56.1 Å². The van der Waals surface area contributed by atoms with Gasteiger partial charge in [0.25, 0.3) is 0 Å². The molecular formula is C9H21N3. The molecule has 0 amide bonds. The Balaban J connectivity index is 2.38. The zero-order chi connectivity index (χ0) is 9.14. The molecule has 3 nitrogen and oxygen atoms in total. The molecule has 0 aromatic carbocycles. The van der Waals surface area contributed by atoms with Gasteiger partial charge >= 0.3 is 0 Å². The summed E-state index contributed by atoms with van der Waals surface area (Å²) in [4.78, 5) is 4.66. The van der Waals surface area contributed by atoms with Crippen LogP contribution in [0.15, 0.2) is 0 Å². The summed E-state index contributed by atoms with van der Waals surface area (Å²) in [6, 6.07) is 1.08. The van der Waals surface area contributed by atoms with Crippen LogP contribution in [0.4, 0.5) is 0 Å². The van der Waals surface area contributed by atoms with Gasteiger partial charge < -0.3 is 15.5 Å². The first-order valence-corrected chi connectivity index (χ1v) is 4.70. The highest BCUT2D eigenvalue weighted by Crippen LogP contribution is 2.14. The van der Waals surface area contributed by atoms with E-state index in [4.69, 9.17) is 5.73 Å². The van der Waals surface area contributed by atoms with Crippen molar-refractivity contribution in [3.8, 4) is 0 Å². The van der Waals surface area contributed by atoms with E-state index in [9.17, 15) is 0 Å². The summed E-state index contributed by atoms with van der Waals surface area (Å²) in [6.07, 6.45) is 2.30. The van der Waals surface area contributed by atoms with Crippen molar-refractivity contribution in [2.75, 3.05) is 34.2 Å². The van der Waals surface area contributed by atoms with Crippen molar-refractivity contribution in [3.05, 3.63) is 0 Å². The van der Waals surface area contributed by atoms with Crippen molar-refractivity contribution in [3.63, 3.8) is 0 Å². The molecule has 0 aliphatic carbocycles. The first-order valence-electron chi connectivity index (χ1n) is 4.70. The highest BCUT2D eigenvalue weighted by atomic mass is 15.2. The Morgan fingerprint density at radius 3 is 2.75 bits per heavy atom. The highest BCUT2D eigenvalue weighted by molar-refractivity contribution is 4.82. The molecule has 0 bridgehead atoms. The summed E-state index contributed by atoms with van der Waals surface area (Å²) in [5, 5.41) is 0. The minimum Gasteiger partial charge on any atom is -0.328 e. The molecule has 0 spiro atoms. The van der Waals surface area contributed by atoms with Crippen LogP contribution in [-0.2, 0) is 0 Å². The third-order valence-corrected chi connectivity index (χ3v) is 2.63. The Morgan fingerprint density at radius 1 is 1.50 bits per heavy atom. The van der Waals surface area contributed by atoms with Gasteiger partial charge in [-0.3, -0.25) is 0 Å². The molecule has 2 atom stereocenters. The third-order valence-electron chi connectivity index (χ3n) is 2.63. The van der Waals surface area contributed by atoms with Gasteiger partial charge in [-0.15, -0.1) is 0 Å². The maximum Gasteiger partial charge on any atom is 0.0234 e. The summed E-state index contributed by atoms with van der Waals surface area (Å²) in [6.45, 7) is 2.28. The minimum absolute atomic E-state index is 0.422. The molecular weight excluding hydrogens is 150 g/mol. The average Bonchev–Trinajstić information content (AvgIpc) is 1.96. The molecule has 3 heteroatoms. The molecule has 72 valence electrons. The smallest absolute Gasteiger partial charge is 0.0234 e. The van der Waals surface area contributed by atoms with E-state index in [1.165, 1.54) is 0 Å². The molecule has 1 saturated heterocycles. The van der Waals surface area contributed by atoms with Crippen molar-refractivity contribution in [2.45, 2.75) is 24.9 Å². The van der Waals surface area contributed by atoms with Gasteiger partial charge in [-0.25, -0.2) is 0 Å². The maximum atomic E-state index is 5.92. The molecule has 1 heterocycles.